The van der Waals surface area contributed by atoms with Crippen molar-refractivity contribution in [2.24, 2.45) is 0 Å². The van der Waals surface area contributed by atoms with Gasteiger partial charge in [0.1, 0.15) is 17.2 Å². The Bertz CT molecular complexity index is 1050. The summed E-state index contributed by atoms with van der Waals surface area (Å²) in [4.78, 5) is 28.9. The van der Waals surface area contributed by atoms with Crippen molar-refractivity contribution in [3.63, 3.8) is 0 Å². The van der Waals surface area contributed by atoms with Gasteiger partial charge in [-0.25, -0.2) is 15.0 Å². The number of nitrogens with zero attached hydrogens (tertiary/aromatic N) is 5. The number of rotatable bonds is 1. The maximum absolute atomic E-state index is 13.2. The third-order valence-corrected chi connectivity index (χ3v) is 6.14. The number of carbonyl (C=O) groups is 1. The Kier molecular flexibility index (Phi) is 3.57. The summed E-state index contributed by atoms with van der Waals surface area (Å²) in [5, 5.41) is 0. The molecular weight excluding hydrogens is 338 g/mol. The van der Waals surface area contributed by atoms with Gasteiger partial charge >= 0.3 is 0 Å². The van der Waals surface area contributed by atoms with Crippen LogP contribution in [-0.4, -0.2) is 43.2 Å². The summed E-state index contributed by atoms with van der Waals surface area (Å²) in [7, 11) is 0. The smallest absolute Gasteiger partial charge is 0.274 e. The van der Waals surface area contributed by atoms with E-state index in [2.05, 4.69) is 9.97 Å². The molecule has 1 aliphatic carbocycles. The van der Waals surface area contributed by atoms with E-state index in [-0.39, 0.29) is 11.3 Å². The van der Waals surface area contributed by atoms with Gasteiger partial charge in [0.05, 0.1) is 5.69 Å². The number of fused-ring (bicyclic) bond motifs is 3. The van der Waals surface area contributed by atoms with Crippen LogP contribution in [0, 0.1) is 13.8 Å². The van der Waals surface area contributed by atoms with Crippen molar-refractivity contribution in [1.29, 1.82) is 0 Å². The standard InChI is InChI=1S/C21H23N5O/c1-14-5-3-6-18-24-17(12-26(14)18)20(27)25-10-4-8-21(13-25)9-7-16-11-22-15(2)23-19(16)21/h3,5-6,11-12H,4,7-10,13H2,1-2H3. The molecule has 0 radical (unpaired) electrons. The van der Waals surface area contributed by atoms with Gasteiger partial charge in [-0.1, -0.05) is 6.07 Å². The van der Waals surface area contributed by atoms with Crippen LogP contribution in [0.5, 0.6) is 0 Å². The van der Waals surface area contributed by atoms with Gasteiger partial charge < -0.3 is 9.30 Å². The van der Waals surface area contributed by atoms with Crippen LogP contribution in [-0.2, 0) is 11.8 Å². The number of piperidine rings is 1. The molecule has 0 saturated carbocycles. The summed E-state index contributed by atoms with van der Waals surface area (Å²) in [5.41, 5.74) is 4.81. The molecule has 1 atom stereocenters. The molecule has 138 valence electrons. The lowest BCUT2D eigenvalue weighted by atomic mass is 9.77. The second-order valence-electron chi connectivity index (χ2n) is 7.92. The number of hydrogen-bond acceptors (Lipinski definition) is 4. The minimum atomic E-state index is -0.0218. The fraction of sp³-hybridized carbons (Fsp3) is 0.429. The molecule has 4 heterocycles. The highest BCUT2D eigenvalue weighted by Crippen LogP contribution is 2.44. The van der Waals surface area contributed by atoms with E-state index in [0.29, 0.717) is 5.69 Å². The molecule has 27 heavy (non-hydrogen) atoms. The Morgan fingerprint density at radius 1 is 1.19 bits per heavy atom. The highest BCUT2D eigenvalue weighted by atomic mass is 16.2. The predicted octanol–water partition coefficient (Wildman–Crippen LogP) is 2.86. The summed E-state index contributed by atoms with van der Waals surface area (Å²) in [5.74, 6) is 0.839. The summed E-state index contributed by atoms with van der Waals surface area (Å²) >= 11 is 0. The summed E-state index contributed by atoms with van der Waals surface area (Å²) in [6, 6.07) is 5.93. The van der Waals surface area contributed by atoms with E-state index in [0.717, 1.165) is 55.9 Å². The summed E-state index contributed by atoms with van der Waals surface area (Å²) in [6.45, 7) is 5.47. The van der Waals surface area contributed by atoms with Crippen LogP contribution < -0.4 is 0 Å². The highest BCUT2D eigenvalue weighted by molar-refractivity contribution is 5.93. The topological polar surface area (TPSA) is 63.4 Å². The zero-order valence-electron chi connectivity index (χ0n) is 15.8. The Morgan fingerprint density at radius 2 is 2.07 bits per heavy atom. The Morgan fingerprint density at radius 3 is 2.93 bits per heavy atom. The first kappa shape index (κ1) is 16.4. The van der Waals surface area contributed by atoms with Crippen molar-refractivity contribution in [1.82, 2.24) is 24.3 Å². The monoisotopic (exact) mass is 361 g/mol. The second kappa shape index (κ2) is 5.87. The van der Waals surface area contributed by atoms with Crippen LogP contribution >= 0.6 is 0 Å². The van der Waals surface area contributed by atoms with E-state index < -0.39 is 0 Å². The number of amides is 1. The molecule has 1 unspecified atom stereocenters. The quantitative estimate of drug-likeness (QED) is 0.669. The number of aryl methyl sites for hydroxylation is 3. The third-order valence-electron chi connectivity index (χ3n) is 6.14. The molecule has 3 aromatic heterocycles. The third kappa shape index (κ3) is 2.54. The average Bonchev–Trinajstić information content (AvgIpc) is 3.25. The Hall–Kier alpha value is -2.76. The van der Waals surface area contributed by atoms with Crippen molar-refractivity contribution in [3.05, 3.63) is 59.1 Å². The van der Waals surface area contributed by atoms with Crippen molar-refractivity contribution in [3.8, 4) is 0 Å². The Balaban J connectivity index is 1.47. The van der Waals surface area contributed by atoms with Gasteiger partial charge in [0.15, 0.2) is 0 Å². The SMILES string of the molecule is Cc1ncc2c(n1)C1(CCCN(C(=O)c3cn4c(C)cccc4n3)C1)CC2. The Labute approximate surface area is 158 Å². The number of likely N-dealkylation sites (tertiary alicyclic amines) is 1. The first-order valence-electron chi connectivity index (χ1n) is 9.63. The zero-order valence-corrected chi connectivity index (χ0v) is 15.8. The normalized spacial score (nSPS) is 21.8. The van der Waals surface area contributed by atoms with E-state index in [9.17, 15) is 4.79 Å². The maximum atomic E-state index is 13.2. The van der Waals surface area contributed by atoms with Gasteiger partial charge in [0.2, 0.25) is 0 Å². The fourth-order valence-corrected chi connectivity index (χ4v) is 4.75. The summed E-state index contributed by atoms with van der Waals surface area (Å²) < 4.78 is 1.98. The molecule has 5 rings (SSSR count). The van der Waals surface area contributed by atoms with Crippen LogP contribution in [0.3, 0.4) is 0 Å². The van der Waals surface area contributed by atoms with E-state index in [4.69, 9.17) is 4.98 Å². The molecule has 1 saturated heterocycles. The molecule has 6 nitrogen and oxygen atoms in total. The zero-order chi connectivity index (χ0) is 18.6. The minimum absolute atomic E-state index is 0.0218. The lowest BCUT2D eigenvalue weighted by molar-refractivity contribution is 0.0628. The molecule has 2 aliphatic rings. The molecule has 0 bridgehead atoms. The molecule has 0 N–H and O–H groups in total. The predicted molar refractivity (Wildman–Crippen MR) is 102 cm³/mol. The number of carbonyl (C=O) groups excluding carboxylic acids is 1. The molecule has 1 amide bonds. The van der Waals surface area contributed by atoms with Gasteiger partial charge in [-0.2, -0.15) is 0 Å². The van der Waals surface area contributed by atoms with Crippen molar-refractivity contribution >= 4 is 11.6 Å². The van der Waals surface area contributed by atoms with Crippen LogP contribution in [0.15, 0.2) is 30.6 Å². The molecule has 0 aromatic carbocycles. The van der Waals surface area contributed by atoms with E-state index in [1.54, 1.807) is 0 Å². The largest absolute Gasteiger partial charge is 0.336 e. The van der Waals surface area contributed by atoms with Crippen LogP contribution in [0.2, 0.25) is 0 Å². The van der Waals surface area contributed by atoms with Gasteiger partial charge in [-0.3, -0.25) is 4.79 Å². The van der Waals surface area contributed by atoms with Crippen molar-refractivity contribution in [2.45, 2.75) is 44.9 Å². The number of aromatic nitrogens is 4. The summed E-state index contributed by atoms with van der Waals surface area (Å²) in [6.07, 6.45) is 7.98. The molecule has 1 aliphatic heterocycles. The van der Waals surface area contributed by atoms with Gasteiger partial charge in [-0.05, 0) is 57.2 Å². The first-order valence-corrected chi connectivity index (χ1v) is 9.63. The number of hydrogen-bond donors (Lipinski definition) is 0. The van der Waals surface area contributed by atoms with Crippen LogP contribution in [0.25, 0.3) is 5.65 Å². The number of pyridine rings is 1. The van der Waals surface area contributed by atoms with E-state index in [1.807, 2.05) is 53.7 Å². The highest BCUT2D eigenvalue weighted by Gasteiger charge is 2.44. The van der Waals surface area contributed by atoms with Crippen molar-refractivity contribution < 1.29 is 4.79 Å². The molecule has 1 fully saturated rings. The van der Waals surface area contributed by atoms with Gasteiger partial charge in [0.25, 0.3) is 5.91 Å². The first-order chi connectivity index (χ1) is 13.1. The molecular formula is C21H23N5O. The van der Waals surface area contributed by atoms with Crippen LogP contribution in [0.4, 0.5) is 0 Å². The number of imidazole rings is 1. The van der Waals surface area contributed by atoms with E-state index >= 15 is 0 Å². The maximum Gasteiger partial charge on any atom is 0.274 e. The average molecular weight is 361 g/mol. The lowest BCUT2D eigenvalue weighted by Gasteiger charge is -2.40. The second-order valence-corrected chi connectivity index (χ2v) is 7.92. The van der Waals surface area contributed by atoms with Gasteiger partial charge in [0, 0.05) is 36.6 Å². The fourth-order valence-electron chi connectivity index (χ4n) is 4.75. The molecule has 3 aromatic rings. The van der Waals surface area contributed by atoms with Crippen LogP contribution in [0.1, 0.15) is 52.5 Å². The molecule has 6 heteroatoms. The van der Waals surface area contributed by atoms with Gasteiger partial charge in [-0.15, -0.1) is 0 Å². The minimum Gasteiger partial charge on any atom is -0.336 e. The lowest BCUT2D eigenvalue weighted by Crippen LogP contribution is -2.48. The van der Waals surface area contributed by atoms with Crippen molar-refractivity contribution in [2.75, 3.05) is 13.1 Å². The van der Waals surface area contributed by atoms with E-state index in [1.165, 1.54) is 11.3 Å². The molecule has 1 spiro atoms.